The van der Waals surface area contributed by atoms with Gasteiger partial charge in [0.2, 0.25) is 5.91 Å². The summed E-state index contributed by atoms with van der Waals surface area (Å²) in [4.78, 5) is 22.1. The first-order chi connectivity index (χ1) is 7.61. The first-order valence-electron chi connectivity index (χ1n) is 4.73. The van der Waals surface area contributed by atoms with E-state index in [1.165, 1.54) is 19.2 Å². The normalized spacial score (nSPS) is 9.56. The monoisotopic (exact) mass is 223 g/mol. The Balaban J connectivity index is 2.43. The molecule has 0 fully saturated rings. The van der Waals surface area contributed by atoms with E-state index in [4.69, 9.17) is 0 Å². The second kappa shape index (κ2) is 5.75. The molecule has 0 unspecified atom stereocenters. The molecule has 0 heterocycles. The summed E-state index contributed by atoms with van der Waals surface area (Å²) in [5, 5.41) is 11.6. The van der Waals surface area contributed by atoms with Crippen molar-refractivity contribution in [2.75, 3.05) is 13.7 Å². The molecule has 0 saturated heterocycles. The van der Waals surface area contributed by atoms with Crippen molar-refractivity contribution < 1.29 is 19.4 Å². The number of rotatable bonds is 4. The van der Waals surface area contributed by atoms with E-state index in [1.54, 1.807) is 12.1 Å². The number of carbonyl (C=O) groups excluding carboxylic acids is 2. The molecule has 1 rings (SSSR count). The number of amides is 1. The lowest BCUT2D eigenvalue weighted by Gasteiger charge is -2.04. The molecule has 16 heavy (non-hydrogen) atoms. The topological polar surface area (TPSA) is 75.6 Å². The molecule has 0 aromatic heterocycles. The van der Waals surface area contributed by atoms with Gasteiger partial charge in [-0.2, -0.15) is 0 Å². The summed E-state index contributed by atoms with van der Waals surface area (Å²) in [6, 6.07) is 6.39. The predicted octanol–water partition coefficient (Wildman–Crippen LogP) is 0.224. The first-order valence-corrected chi connectivity index (χ1v) is 4.73. The van der Waals surface area contributed by atoms with Gasteiger partial charge in [-0.15, -0.1) is 0 Å². The van der Waals surface area contributed by atoms with Gasteiger partial charge in [-0.05, 0) is 17.7 Å². The maximum atomic E-state index is 11.3. The number of carbonyl (C=O) groups is 2. The van der Waals surface area contributed by atoms with Crippen LogP contribution in [0.1, 0.15) is 5.56 Å². The van der Waals surface area contributed by atoms with Crippen LogP contribution in [0.3, 0.4) is 0 Å². The highest BCUT2D eigenvalue weighted by Crippen LogP contribution is 2.10. The second-order valence-corrected chi connectivity index (χ2v) is 3.20. The molecule has 0 saturated carbocycles. The van der Waals surface area contributed by atoms with Crippen molar-refractivity contribution in [3.63, 3.8) is 0 Å². The zero-order valence-electron chi connectivity index (χ0n) is 8.90. The van der Waals surface area contributed by atoms with Gasteiger partial charge in [0.1, 0.15) is 12.3 Å². The van der Waals surface area contributed by atoms with Crippen molar-refractivity contribution in [2.45, 2.75) is 6.42 Å². The lowest BCUT2D eigenvalue weighted by atomic mass is 10.1. The van der Waals surface area contributed by atoms with Crippen LogP contribution in [0.5, 0.6) is 5.75 Å². The van der Waals surface area contributed by atoms with Gasteiger partial charge in [0, 0.05) is 0 Å². The number of ether oxygens (including phenoxy) is 1. The number of phenolic OH excluding ortho intramolecular Hbond substituents is 1. The third-order valence-electron chi connectivity index (χ3n) is 1.93. The largest absolute Gasteiger partial charge is 0.508 e. The smallest absolute Gasteiger partial charge is 0.325 e. The molecule has 0 aliphatic heterocycles. The van der Waals surface area contributed by atoms with Crippen molar-refractivity contribution in [3.8, 4) is 5.75 Å². The molecular formula is C11H13NO4. The van der Waals surface area contributed by atoms with Crippen LogP contribution in [0.4, 0.5) is 0 Å². The average molecular weight is 223 g/mol. The van der Waals surface area contributed by atoms with Gasteiger partial charge in [-0.1, -0.05) is 12.1 Å². The second-order valence-electron chi connectivity index (χ2n) is 3.20. The molecule has 0 aliphatic carbocycles. The van der Waals surface area contributed by atoms with Crippen molar-refractivity contribution >= 4 is 11.9 Å². The predicted molar refractivity (Wildman–Crippen MR) is 56.8 cm³/mol. The first kappa shape index (κ1) is 12.0. The van der Waals surface area contributed by atoms with Crippen molar-refractivity contribution in [3.05, 3.63) is 29.8 Å². The number of esters is 1. The SMILES string of the molecule is COC(=O)CNC(=O)Cc1cccc(O)c1. The van der Waals surface area contributed by atoms with Gasteiger partial charge >= 0.3 is 5.97 Å². The molecule has 1 aromatic carbocycles. The Bertz CT molecular complexity index is 389. The summed E-state index contributed by atoms with van der Waals surface area (Å²) in [5.41, 5.74) is 0.683. The molecular weight excluding hydrogens is 210 g/mol. The van der Waals surface area contributed by atoms with E-state index in [-0.39, 0.29) is 24.6 Å². The molecule has 0 spiro atoms. The standard InChI is InChI=1S/C11H13NO4/c1-16-11(15)7-12-10(14)6-8-3-2-4-9(13)5-8/h2-5,13H,6-7H2,1H3,(H,12,14). The molecule has 1 aromatic rings. The highest BCUT2D eigenvalue weighted by molar-refractivity contribution is 5.83. The number of aromatic hydroxyl groups is 1. The maximum absolute atomic E-state index is 11.3. The van der Waals surface area contributed by atoms with Crippen LogP contribution in [0.15, 0.2) is 24.3 Å². The summed E-state index contributed by atoms with van der Waals surface area (Å²) in [6.45, 7) is -0.145. The third kappa shape index (κ3) is 4.00. The van der Waals surface area contributed by atoms with E-state index >= 15 is 0 Å². The third-order valence-corrected chi connectivity index (χ3v) is 1.93. The van der Waals surface area contributed by atoms with Crippen LogP contribution >= 0.6 is 0 Å². The average Bonchev–Trinajstić information content (AvgIpc) is 2.26. The van der Waals surface area contributed by atoms with E-state index in [0.29, 0.717) is 5.56 Å². The molecule has 0 bridgehead atoms. The van der Waals surface area contributed by atoms with Gasteiger partial charge < -0.3 is 15.2 Å². The lowest BCUT2D eigenvalue weighted by molar-refractivity contribution is -0.141. The van der Waals surface area contributed by atoms with E-state index in [0.717, 1.165) is 0 Å². The van der Waals surface area contributed by atoms with Crippen LogP contribution in [0.25, 0.3) is 0 Å². The summed E-state index contributed by atoms with van der Waals surface area (Å²) < 4.78 is 4.38. The summed E-state index contributed by atoms with van der Waals surface area (Å²) in [7, 11) is 1.25. The number of nitrogens with one attached hydrogen (secondary N) is 1. The fourth-order valence-corrected chi connectivity index (χ4v) is 1.16. The Morgan fingerprint density at radius 2 is 2.19 bits per heavy atom. The van der Waals surface area contributed by atoms with Crippen LogP contribution in [-0.4, -0.2) is 30.6 Å². The number of benzene rings is 1. The molecule has 0 aliphatic rings. The van der Waals surface area contributed by atoms with Crippen LogP contribution < -0.4 is 5.32 Å². The van der Waals surface area contributed by atoms with Crippen LogP contribution in [0.2, 0.25) is 0 Å². The van der Waals surface area contributed by atoms with Crippen molar-refractivity contribution in [1.29, 1.82) is 0 Å². The minimum atomic E-state index is -0.496. The Labute approximate surface area is 93.0 Å². The Kier molecular flexibility index (Phi) is 4.32. The van der Waals surface area contributed by atoms with E-state index < -0.39 is 5.97 Å². The lowest BCUT2D eigenvalue weighted by Crippen LogP contribution is -2.31. The van der Waals surface area contributed by atoms with Gasteiger partial charge in [0.15, 0.2) is 0 Å². The molecule has 5 heteroatoms. The molecule has 2 N–H and O–H groups in total. The Morgan fingerprint density at radius 3 is 2.81 bits per heavy atom. The molecule has 1 amide bonds. The van der Waals surface area contributed by atoms with E-state index in [2.05, 4.69) is 10.1 Å². The van der Waals surface area contributed by atoms with E-state index in [9.17, 15) is 14.7 Å². The van der Waals surface area contributed by atoms with Gasteiger partial charge in [-0.25, -0.2) is 0 Å². The number of methoxy groups -OCH3 is 1. The number of hydrogen-bond donors (Lipinski definition) is 2. The minimum absolute atomic E-state index is 0.110. The highest BCUT2D eigenvalue weighted by Gasteiger charge is 2.06. The van der Waals surface area contributed by atoms with Gasteiger partial charge in [0.25, 0.3) is 0 Å². The maximum Gasteiger partial charge on any atom is 0.325 e. The molecule has 86 valence electrons. The van der Waals surface area contributed by atoms with Crippen molar-refractivity contribution in [2.24, 2.45) is 0 Å². The van der Waals surface area contributed by atoms with Gasteiger partial charge in [-0.3, -0.25) is 9.59 Å². The zero-order chi connectivity index (χ0) is 12.0. The summed E-state index contributed by atoms with van der Waals surface area (Å²) in [6.07, 6.45) is 0.116. The quantitative estimate of drug-likeness (QED) is 0.716. The summed E-state index contributed by atoms with van der Waals surface area (Å²) in [5.74, 6) is -0.682. The van der Waals surface area contributed by atoms with E-state index in [1.807, 2.05) is 0 Å². The fraction of sp³-hybridized carbons (Fsp3) is 0.273. The molecule has 0 atom stereocenters. The zero-order valence-corrected chi connectivity index (χ0v) is 8.90. The molecule has 5 nitrogen and oxygen atoms in total. The van der Waals surface area contributed by atoms with Crippen LogP contribution in [-0.2, 0) is 20.7 Å². The number of hydrogen-bond acceptors (Lipinski definition) is 4. The van der Waals surface area contributed by atoms with Crippen molar-refractivity contribution in [1.82, 2.24) is 5.32 Å². The fourth-order valence-electron chi connectivity index (χ4n) is 1.16. The Hall–Kier alpha value is -2.04. The minimum Gasteiger partial charge on any atom is -0.508 e. The molecule has 0 radical (unpaired) electrons. The van der Waals surface area contributed by atoms with Crippen LogP contribution in [0, 0.1) is 0 Å². The highest BCUT2D eigenvalue weighted by atomic mass is 16.5. The van der Waals surface area contributed by atoms with Gasteiger partial charge in [0.05, 0.1) is 13.5 Å². The number of phenols is 1. The Morgan fingerprint density at radius 1 is 1.44 bits per heavy atom. The summed E-state index contributed by atoms with van der Waals surface area (Å²) >= 11 is 0.